The molecule has 0 aliphatic carbocycles. The first-order valence-corrected chi connectivity index (χ1v) is 12.8. The van der Waals surface area contributed by atoms with E-state index in [1.807, 2.05) is 12.1 Å². The molecular formula is C24H41O3P. The highest BCUT2D eigenvalue weighted by molar-refractivity contribution is 7.52. The summed E-state index contributed by atoms with van der Waals surface area (Å²) < 4.78 is 22.1. The lowest BCUT2D eigenvalue weighted by Gasteiger charge is -2.13. The van der Waals surface area contributed by atoms with Crippen LogP contribution in [-0.2, 0) is 19.8 Å². The SMILES string of the molecule is CCCCCCCCCCCCC/C=C/c1ccc(CP(=O)(OC)OC)cc1. The summed E-state index contributed by atoms with van der Waals surface area (Å²) in [5, 5.41) is 0. The summed E-state index contributed by atoms with van der Waals surface area (Å²) in [7, 11) is -0.134. The second-order valence-electron chi connectivity index (χ2n) is 7.60. The van der Waals surface area contributed by atoms with E-state index in [0.717, 1.165) is 12.0 Å². The van der Waals surface area contributed by atoms with Gasteiger partial charge in [0.1, 0.15) is 0 Å². The van der Waals surface area contributed by atoms with Crippen molar-refractivity contribution in [1.82, 2.24) is 0 Å². The van der Waals surface area contributed by atoms with E-state index in [0.29, 0.717) is 6.16 Å². The van der Waals surface area contributed by atoms with E-state index in [1.54, 1.807) is 0 Å². The normalized spacial score (nSPS) is 12.1. The Morgan fingerprint density at radius 1 is 0.786 bits per heavy atom. The molecule has 0 aliphatic rings. The number of unbranched alkanes of at least 4 members (excludes halogenated alkanes) is 11. The predicted octanol–water partition coefficient (Wildman–Crippen LogP) is 8.39. The molecule has 0 aromatic heterocycles. The van der Waals surface area contributed by atoms with Gasteiger partial charge in [-0.25, -0.2) is 0 Å². The van der Waals surface area contributed by atoms with Gasteiger partial charge in [-0.1, -0.05) is 108 Å². The number of hydrogen-bond acceptors (Lipinski definition) is 3. The summed E-state index contributed by atoms with van der Waals surface area (Å²) >= 11 is 0. The molecule has 1 aromatic rings. The molecule has 0 fully saturated rings. The van der Waals surface area contributed by atoms with Crippen molar-refractivity contribution in [3.8, 4) is 0 Å². The molecular weight excluding hydrogens is 367 g/mol. The Hall–Kier alpha value is -0.890. The van der Waals surface area contributed by atoms with Crippen LogP contribution in [0.15, 0.2) is 30.3 Å². The van der Waals surface area contributed by atoms with Gasteiger partial charge in [0.15, 0.2) is 0 Å². The van der Waals surface area contributed by atoms with Crippen LogP contribution in [0.2, 0.25) is 0 Å². The summed E-state index contributed by atoms with van der Waals surface area (Å²) in [4.78, 5) is 0. The van der Waals surface area contributed by atoms with E-state index in [9.17, 15) is 4.57 Å². The van der Waals surface area contributed by atoms with Crippen molar-refractivity contribution >= 4 is 13.7 Å². The highest BCUT2D eigenvalue weighted by atomic mass is 31.2. The first-order chi connectivity index (χ1) is 13.6. The highest BCUT2D eigenvalue weighted by Crippen LogP contribution is 2.49. The molecule has 0 spiro atoms. The molecule has 0 heterocycles. The lowest BCUT2D eigenvalue weighted by molar-refractivity contribution is 0.275. The minimum atomic E-state index is -2.99. The first-order valence-electron chi connectivity index (χ1n) is 11.1. The Morgan fingerprint density at radius 3 is 1.79 bits per heavy atom. The molecule has 0 unspecified atom stereocenters. The number of hydrogen-bond donors (Lipinski definition) is 0. The van der Waals surface area contributed by atoms with Crippen molar-refractivity contribution in [3.05, 3.63) is 41.5 Å². The number of allylic oxidation sites excluding steroid dienone is 1. The van der Waals surface area contributed by atoms with Crippen LogP contribution in [0.1, 0.15) is 95.1 Å². The van der Waals surface area contributed by atoms with Crippen molar-refractivity contribution < 1.29 is 13.6 Å². The minimum absolute atomic E-state index is 0.308. The van der Waals surface area contributed by atoms with Crippen LogP contribution in [-0.4, -0.2) is 14.2 Å². The fraction of sp³-hybridized carbons (Fsp3) is 0.667. The highest BCUT2D eigenvalue weighted by Gasteiger charge is 2.21. The molecule has 0 N–H and O–H groups in total. The molecule has 1 aromatic carbocycles. The molecule has 0 aliphatic heterocycles. The van der Waals surface area contributed by atoms with Gasteiger partial charge < -0.3 is 9.05 Å². The Morgan fingerprint density at radius 2 is 1.29 bits per heavy atom. The van der Waals surface area contributed by atoms with E-state index in [-0.39, 0.29) is 0 Å². The molecule has 0 bridgehead atoms. The van der Waals surface area contributed by atoms with Crippen LogP contribution in [0.3, 0.4) is 0 Å². The maximum absolute atomic E-state index is 12.2. The van der Waals surface area contributed by atoms with Gasteiger partial charge >= 0.3 is 7.60 Å². The topological polar surface area (TPSA) is 35.5 Å². The van der Waals surface area contributed by atoms with Crippen LogP contribution in [0, 0.1) is 0 Å². The molecule has 0 saturated carbocycles. The Kier molecular flexibility index (Phi) is 14.3. The van der Waals surface area contributed by atoms with Crippen molar-refractivity contribution in [2.75, 3.05) is 14.2 Å². The fourth-order valence-electron chi connectivity index (χ4n) is 3.31. The van der Waals surface area contributed by atoms with Crippen molar-refractivity contribution in [2.45, 2.75) is 90.1 Å². The average Bonchev–Trinajstić information content (AvgIpc) is 2.72. The molecule has 4 heteroatoms. The summed E-state index contributed by atoms with van der Waals surface area (Å²) in [6, 6.07) is 8.10. The first kappa shape index (κ1) is 25.1. The van der Waals surface area contributed by atoms with Gasteiger partial charge in [-0.05, 0) is 24.0 Å². The van der Waals surface area contributed by atoms with Gasteiger partial charge in [0.2, 0.25) is 0 Å². The maximum Gasteiger partial charge on any atom is 0.334 e. The van der Waals surface area contributed by atoms with E-state index >= 15 is 0 Å². The van der Waals surface area contributed by atoms with E-state index in [4.69, 9.17) is 9.05 Å². The molecule has 0 saturated heterocycles. The monoisotopic (exact) mass is 408 g/mol. The van der Waals surface area contributed by atoms with Crippen molar-refractivity contribution in [3.63, 3.8) is 0 Å². The van der Waals surface area contributed by atoms with Gasteiger partial charge in [0.25, 0.3) is 0 Å². The minimum Gasteiger partial charge on any atom is -0.312 e. The summed E-state index contributed by atoms with van der Waals surface area (Å²) in [6.45, 7) is 2.28. The van der Waals surface area contributed by atoms with E-state index in [1.165, 1.54) is 90.4 Å². The Bertz CT molecular complexity index is 558. The van der Waals surface area contributed by atoms with Crippen LogP contribution in [0.4, 0.5) is 0 Å². The van der Waals surface area contributed by atoms with Gasteiger partial charge in [-0.3, -0.25) is 4.57 Å². The van der Waals surface area contributed by atoms with Crippen molar-refractivity contribution in [2.24, 2.45) is 0 Å². The van der Waals surface area contributed by atoms with E-state index in [2.05, 4.69) is 31.2 Å². The van der Waals surface area contributed by atoms with Crippen LogP contribution in [0.5, 0.6) is 0 Å². The van der Waals surface area contributed by atoms with E-state index < -0.39 is 7.60 Å². The van der Waals surface area contributed by atoms with Gasteiger partial charge in [0.05, 0.1) is 6.16 Å². The zero-order valence-corrected chi connectivity index (χ0v) is 19.2. The fourth-order valence-corrected chi connectivity index (χ4v) is 4.37. The summed E-state index contributed by atoms with van der Waals surface area (Å²) in [6.07, 6.45) is 21.1. The van der Waals surface area contributed by atoms with Gasteiger partial charge in [0, 0.05) is 14.2 Å². The third kappa shape index (κ3) is 11.8. The Balaban J connectivity index is 2.09. The molecule has 160 valence electrons. The zero-order valence-electron chi connectivity index (χ0n) is 18.3. The van der Waals surface area contributed by atoms with Crippen molar-refractivity contribution in [1.29, 1.82) is 0 Å². The maximum atomic E-state index is 12.2. The molecule has 0 amide bonds. The second kappa shape index (κ2) is 16.0. The molecule has 3 nitrogen and oxygen atoms in total. The number of benzene rings is 1. The molecule has 1 rings (SSSR count). The van der Waals surface area contributed by atoms with Crippen LogP contribution >= 0.6 is 7.60 Å². The lowest BCUT2D eigenvalue weighted by Crippen LogP contribution is -1.93. The molecule has 0 atom stereocenters. The van der Waals surface area contributed by atoms with Crippen LogP contribution in [0.25, 0.3) is 6.08 Å². The second-order valence-corrected chi connectivity index (χ2v) is 9.87. The zero-order chi connectivity index (χ0) is 20.5. The molecule has 0 radical (unpaired) electrons. The van der Waals surface area contributed by atoms with Crippen LogP contribution < -0.4 is 0 Å². The molecule has 28 heavy (non-hydrogen) atoms. The lowest BCUT2D eigenvalue weighted by atomic mass is 10.0. The summed E-state index contributed by atoms with van der Waals surface area (Å²) in [5.41, 5.74) is 2.14. The standard InChI is InChI=1S/C24H41O3P/c1-4-5-6-7-8-9-10-11-12-13-14-15-16-17-23-18-20-24(21-19-23)22-28(25,26-2)27-3/h16-21H,4-15,22H2,1-3H3/b17-16+. The number of rotatable bonds is 17. The van der Waals surface area contributed by atoms with Gasteiger partial charge in [-0.15, -0.1) is 0 Å². The average molecular weight is 409 g/mol. The smallest absolute Gasteiger partial charge is 0.312 e. The predicted molar refractivity (Wildman–Crippen MR) is 122 cm³/mol. The third-order valence-corrected chi connectivity index (χ3v) is 7.06. The quantitative estimate of drug-likeness (QED) is 0.192. The largest absolute Gasteiger partial charge is 0.334 e. The third-order valence-electron chi connectivity index (χ3n) is 5.20. The Labute approximate surface area is 173 Å². The van der Waals surface area contributed by atoms with Gasteiger partial charge in [-0.2, -0.15) is 0 Å². The summed E-state index contributed by atoms with van der Waals surface area (Å²) in [5.74, 6) is 0.